The van der Waals surface area contributed by atoms with Gasteiger partial charge in [0.25, 0.3) is 5.91 Å². The number of amides is 2. The fourth-order valence-electron chi connectivity index (χ4n) is 2.88. The Morgan fingerprint density at radius 1 is 0.844 bits per heavy atom. The summed E-state index contributed by atoms with van der Waals surface area (Å²) in [5.41, 5.74) is 2.39. The van der Waals surface area contributed by atoms with Gasteiger partial charge in [-0.3, -0.25) is 14.4 Å². The van der Waals surface area contributed by atoms with Crippen LogP contribution in [0.15, 0.2) is 77.7 Å². The summed E-state index contributed by atoms with van der Waals surface area (Å²) in [5, 5.41) is 5.36. The van der Waals surface area contributed by atoms with Crippen LogP contribution in [-0.4, -0.2) is 30.0 Å². The molecule has 2 amide bonds. The number of Topliss-reactive ketones (excluding diaryl/α,β-unsaturated/α-hetero) is 1. The molecule has 164 valence electrons. The average Bonchev–Trinajstić information content (AvgIpc) is 2.79. The minimum absolute atomic E-state index is 0.0224. The van der Waals surface area contributed by atoms with Crippen LogP contribution in [0.1, 0.15) is 34.6 Å². The van der Waals surface area contributed by atoms with Crippen molar-refractivity contribution >= 4 is 40.7 Å². The van der Waals surface area contributed by atoms with Crippen LogP contribution in [-0.2, 0) is 4.79 Å². The molecule has 1 unspecified atom stereocenters. The lowest BCUT2D eigenvalue weighted by molar-refractivity contribution is -0.115. The van der Waals surface area contributed by atoms with E-state index in [0.717, 1.165) is 4.90 Å². The molecule has 0 fully saturated rings. The van der Waals surface area contributed by atoms with Crippen LogP contribution in [0.4, 0.5) is 11.4 Å². The number of nitrogens with one attached hydrogen (secondary N) is 2. The van der Waals surface area contributed by atoms with E-state index >= 15 is 0 Å². The van der Waals surface area contributed by atoms with Crippen LogP contribution >= 0.6 is 11.8 Å². The summed E-state index contributed by atoms with van der Waals surface area (Å²) in [6, 6.07) is 21.0. The molecule has 1 atom stereocenters. The zero-order valence-electron chi connectivity index (χ0n) is 18.0. The van der Waals surface area contributed by atoms with Crippen molar-refractivity contribution in [2.24, 2.45) is 0 Å². The summed E-state index contributed by atoms with van der Waals surface area (Å²) in [5.74, 6) is 0.278. The highest BCUT2D eigenvalue weighted by Gasteiger charge is 2.15. The van der Waals surface area contributed by atoms with Gasteiger partial charge in [0.2, 0.25) is 5.91 Å². The van der Waals surface area contributed by atoms with Gasteiger partial charge in [0.15, 0.2) is 5.78 Å². The van der Waals surface area contributed by atoms with Crippen LogP contribution < -0.4 is 15.4 Å². The van der Waals surface area contributed by atoms with Crippen molar-refractivity contribution in [2.75, 3.05) is 17.7 Å². The number of hydrogen-bond acceptors (Lipinski definition) is 5. The first-order valence-corrected chi connectivity index (χ1v) is 10.9. The van der Waals surface area contributed by atoms with Gasteiger partial charge in [0.05, 0.1) is 12.4 Å². The Balaban J connectivity index is 1.59. The van der Waals surface area contributed by atoms with Crippen molar-refractivity contribution in [3.63, 3.8) is 0 Å². The maximum atomic E-state index is 12.6. The summed E-state index contributed by atoms with van der Waals surface area (Å²) in [4.78, 5) is 37.3. The second-order valence-electron chi connectivity index (χ2n) is 7.09. The Labute approximate surface area is 191 Å². The molecular formula is C25H24N2O4S. The van der Waals surface area contributed by atoms with Gasteiger partial charge in [0.1, 0.15) is 5.75 Å². The van der Waals surface area contributed by atoms with Crippen molar-refractivity contribution in [3.8, 4) is 5.75 Å². The molecule has 0 spiro atoms. The summed E-state index contributed by atoms with van der Waals surface area (Å²) >= 11 is 1.39. The Bertz CT molecular complexity index is 1110. The number of methoxy groups -OCH3 is 1. The van der Waals surface area contributed by atoms with Crippen LogP contribution in [0.3, 0.4) is 0 Å². The molecule has 3 rings (SSSR count). The van der Waals surface area contributed by atoms with Gasteiger partial charge in [0, 0.05) is 27.4 Å². The molecule has 0 saturated carbocycles. The number of thioether (sulfide) groups is 1. The largest absolute Gasteiger partial charge is 0.497 e. The zero-order valence-corrected chi connectivity index (χ0v) is 18.9. The second kappa shape index (κ2) is 10.6. The van der Waals surface area contributed by atoms with E-state index in [9.17, 15) is 14.4 Å². The maximum absolute atomic E-state index is 12.6. The van der Waals surface area contributed by atoms with Gasteiger partial charge < -0.3 is 15.4 Å². The van der Waals surface area contributed by atoms with E-state index in [1.807, 2.05) is 25.1 Å². The first kappa shape index (κ1) is 23.1. The first-order chi connectivity index (χ1) is 15.4. The molecule has 32 heavy (non-hydrogen) atoms. The number of rotatable bonds is 8. The molecule has 7 heteroatoms. The molecule has 6 nitrogen and oxygen atoms in total. The topological polar surface area (TPSA) is 84.5 Å². The fourth-order valence-corrected chi connectivity index (χ4v) is 3.81. The molecule has 3 aromatic carbocycles. The summed E-state index contributed by atoms with van der Waals surface area (Å²) < 4.78 is 5.11. The minimum Gasteiger partial charge on any atom is -0.497 e. The van der Waals surface area contributed by atoms with Crippen molar-refractivity contribution < 1.29 is 19.1 Å². The highest BCUT2D eigenvalue weighted by molar-refractivity contribution is 8.00. The van der Waals surface area contributed by atoms with E-state index in [1.165, 1.54) is 18.7 Å². The molecular weight excluding hydrogens is 424 g/mol. The number of hydrogen-bond donors (Lipinski definition) is 2. The van der Waals surface area contributed by atoms with Crippen molar-refractivity contribution in [1.82, 2.24) is 0 Å². The van der Waals surface area contributed by atoms with E-state index in [4.69, 9.17) is 4.74 Å². The van der Waals surface area contributed by atoms with Crippen LogP contribution in [0, 0.1) is 0 Å². The Morgan fingerprint density at radius 3 is 2.12 bits per heavy atom. The molecule has 3 aromatic rings. The number of benzene rings is 3. The molecule has 0 radical (unpaired) electrons. The van der Waals surface area contributed by atoms with E-state index < -0.39 is 0 Å². The number of carbonyl (C=O) groups is 3. The average molecular weight is 449 g/mol. The summed E-state index contributed by atoms with van der Waals surface area (Å²) in [7, 11) is 1.57. The Kier molecular flexibility index (Phi) is 7.68. The summed E-state index contributed by atoms with van der Waals surface area (Å²) in [6.07, 6.45) is 0. The van der Waals surface area contributed by atoms with Gasteiger partial charge in [-0.2, -0.15) is 0 Å². The highest BCUT2D eigenvalue weighted by atomic mass is 32.2. The van der Waals surface area contributed by atoms with E-state index in [-0.39, 0.29) is 22.8 Å². The number of carbonyl (C=O) groups excluding carboxylic acids is 3. The molecule has 0 aromatic heterocycles. The molecule has 0 heterocycles. The monoisotopic (exact) mass is 448 g/mol. The van der Waals surface area contributed by atoms with Crippen LogP contribution in [0.25, 0.3) is 0 Å². The second-order valence-corrected chi connectivity index (χ2v) is 8.51. The van der Waals surface area contributed by atoms with Crippen molar-refractivity contribution in [3.05, 3.63) is 83.9 Å². The predicted octanol–water partition coefficient (Wildman–Crippen LogP) is 5.27. The normalized spacial score (nSPS) is 11.3. The molecule has 0 saturated heterocycles. The lowest BCUT2D eigenvalue weighted by Gasteiger charge is -2.13. The number of ketones is 1. The van der Waals surface area contributed by atoms with Crippen molar-refractivity contribution in [1.29, 1.82) is 0 Å². The van der Waals surface area contributed by atoms with Gasteiger partial charge in [-0.1, -0.05) is 6.07 Å². The van der Waals surface area contributed by atoms with Crippen LogP contribution in [0.5, 0.6) is 5.75 Å². The molecule has 0 aliphatic heterocycles. The molecule has 2 N–H and O–H groups in total. The quantitative estimate of drug-likeness (QED) is 0.362. The minimum atomic E-state index is -0.366. The number of ether oxygens (including phenoxy) is 1. The van der Waals surface area contributed by atoms with Gasteiger partial charge in [-0.15, -0.1) is 11.8 Å². The summed E-state index contributed by atoms with van der Waals surface area (Å²) in [6.45, 7) is 3.31. The standard InChI is InChI=1S/C25H24N2O4S/c1-16(28)18-7-11-20(12-8-18)26-24(29)17(2)32-23-6-4-5-21(15-23)27-25(30)19-9-13-22(31-3)14-10-19/h4-15,17H,1-3H3,(H,26,29)(H,27,30). The zero-order chi connectivity index (χ0) is 23.1. The smallest absolute Gasteiger partial charge is 0.255 e. The third kappa shape index (κ3) is 6.21. The fraction of sp³-hybridized carbons (Fsp3) is 0.160. The van der Waals surface area contributed by atoms with Crippen LogP contribution in [0.2, 0.25) is 0 Å². The van der Waals surface area contributed by atoms with Gasteiger partial charge in [-0.25, -0.2) is 0 Å². The number of anilines is 2. The molecule has 0 bridgehead atoms. The predicted molar refractivity (Wildman–Crippen MR) is 128 cm³/mol. The van der Waals surface area contributed by atoms with Gasteiger partial charge >= 0.3 is 0 Å². The highest BCUT2D eigenvalue weighted by Crippen LogP contribution is 2.27. The third-order valence-electron chi connectivity index (χ3n) is 4.69. The third-order valence-corrected chi connectivity index (χ3v) is 5.78. The Hall–Kier alpha value is -3.58. The SMILES string of the molecule is COc1ccc(C(=O)Nc2cccc(SC(C)C(=O)Nc3ccc(C(C)=O)cc3)c2)cc1. The lowest BCUT2D eigenvalue weighted by atomic mass is 10.1. The lowest BCUT2D eigenvalue weighted by Crippen LogP contribution is -2.22. The van der Waals surface area contributed by atoms with Crippen molar-refractivity contribution in [2.45, 2.75) is 24.0 Å². The molecule has 0 aliphatic carbocycles. The van der Waals surface area contributed by atoms with E-state index in [1.54, 1.807) is 61.7 Å². The maximum Gasteiger partial charge on any atom is 0.255 e. The first-order valence-electron chi connectivity index (χ1n) is 9.99. The van der Waals surface area contributed by atoms with E-state index in [0.29, 0.717) is 28.3 Å². The molecule has 0 aliphatic rings. The van der Waals surface area contributed by atoms with Gasteiger partial charge in [-0.05, 0) is 80.6 Å². The Morgan fingerprint density at radius 2 is 1.50 bits per heavy atom. The van der Waals surface area contributed by atoms with E-state index in [2.05, 4.69) is 10.6 Å².